The second-order valence-electron chi connectivity index (χ2n) is 4.91. The van der Waals surface area contributed by atoms with E-state index in [1.54, 1.807) is 6.92 Å². The molecule has 0 atom stereocenters. The van der Waals surface area contributed by atoms with Crippen molar-refractivity contribution in [2.45, 2.75) is 31.3 Å². The van der Waals surface area contributed by atoms with Crippen LogP contribution in [0, 0.1) is 6.92 Å². The molecular formula is C12H17NO4S. The summed E-state index contributed by atoms with van der Waals surface area (Å²) >= 11 is 0. The molecule has 0 saturated heterocycles. The maximum absolute atomic E-state index is 12.0. The van der Waals surface area contributed by atoms with Crippen LogP contribution in [0.25, 0.3) is 0 Å². The van der Waals surface area contributed by atoms with Gasteiger partial charge in [0.25, 0.3) is 0 Å². The normalized spacial score (nSPS) is 12.4. The lowest BCUT2D eigenvalue weighted by Gasteiger charge is -2.17. The average Bonchev–Trinajstić information content (AvgIpc) is 2.12. The molecular weight excluding hydrogens is 254 g/mol. The fourth-order valence-electron chi connectivity index (χ4n) is 1.65. The molecule has 1 rings (SSSR count). The smallest absolute Gasteiger partial charge is 0.248 e. The van der Waals surface area contributed by atoms with Gasteiger partial charge < -0.3 is 10.8 Å². The molecule has 0 heterocycles. The summed E-state index contributed by atoms with van der Waals surface area (Å²) in [6.45, 7) is 4.47. The SMILES string of the molecule is Cc1cc(S(=O)(=O)CC(C)(C)O)ccc1C(N)=O. The van der Waals surface area contributed by atoms with Gasteiger partial charge in [0.15, 0.2) is 9.84 Å². The Morgan fingerprint density at radius 2 is 1.94 bits per heavy atom. The fraction of sp³-hybridized carbons (Fsp3) is 0.417. The highest BCUT2D eigenvalue weighted by Crippen LogP contribution is 2.19. The minimum absolute atomic E-state index is 0.0760. The van der Waals surface area contributed by atoms with Gasteiger partial charge in [-0.3, -0.25) is 4.79 Å². The molecule has 0 spiro atoms. The molecule has 100 valence electrons. The number of aliphatic hydroxyl groups is 1. The van der Waals surface area contributed by atoms with Crippen molar-refractivity contribution in [1.29, 1.82) is 0 Å². The summed E-state index contributed by atoms with van der Waals surface area (Å²) in [5.41, 5.74) is 4.63. The van der Waals surface area contributed by atoms with Crippen LogP contribution < -0.4 is 5.73 Å². The first-order valence-electron chi connectivity index (χ1n) is 5.38. The van der Waals surface area contributed by atoms with Crippen LogP contribution in [0.2, 0.25) is 0 Å². The molecule has 0 saturated carbocycles. The quantitative estimate of drug-likeness (QED) is 0.839. The molecule has 18 heavy (non-hydrogen) atoms. The molecule has 5 nitrogen and oxygen atoms in total. The van der Waals surface area contributed by atoms with Crippen LogP contribution in [0.5, 0.6) is 0 Å². The number of amides is 1. The van der Waals surface area contributed by atoms with Crippen molar-refractivity contribution in [2.24, 2.45) is 5.73 Å². The van der Waals surface area contributed by atoms with E-state index in [-0.39, 0.29) is 16.2 Å². The van der Waals surface area contributed by atoms with Crippen LogP contribution in [-0.2, 0) is 9.84 Å². The number of hydrogen-bond acceptors (Lipinski definition) is 4. The molecule has 3 N–H and O–H groups in total. The van der Waals surface area contributed by atoms with Crippen LogP contribution in [0.1, 0.15) is 29.8 Å². The molecule has 0 aromatic heterocycles. The number of sulfone groups is 1. The molecule has 0 fully saturated rings. The molecule has 0 bridgehead atoms. The molecule has 1 amide bonds. The van der Waals surface area contributed by atoms with E-state index in [0.717, 1.165) is 0 Å². The van der Waals surface area contributed by atoms with Crippen LogP contribution in [0.3, 0.4) is 0 Å². The van der Waals surface area contributed by atoms with Crippen LogP contribution in [0.4, 0.5) is 0 Å². The molecule has 1 aromatic carbocycles. The van der Waals surface area contributed by atoms with Gasteiger partial charge in [-0.2, -0.15) is 0 Å². The minimum Gasteiger partial charge on any atom is -0.389 e. The summed E-state index contributed by atoms with van der Waals surface area (Å²) in [5.74, 6) is -0.978. The lowest BCUT2D eigenvalue weighted by atomic mass is 10.1. The Kier molecular flexibility index (Phi) is 3.83. The van der Waals surface area contributed by atoms with Gasteiger partial charge in [-0.05, 0) is 44.5 Å². The van der Waals surface area contributed by atoms with Gasteiger partial charge in [0.05, 0.1) is 16.2 Å². The Hall–Kier alpha value is -1.40. The lowest BCUT2D eigenvalue weighted by molar-refractivity contribution is 0.0997. The molecule has 0 unspecified atom stereocenters. The predicted molar refractivity (Wildman–Crippen MR) is 68.0 cm³/mol. The average molecular weight is 271 g/mol. The zero-order valence-corrected chi connectivity index (χ0v) is 11.4. The largest absolute Gasteiger partial charge is 0.389 e. The molecule has 0 radical (unpaired) electrons. The number of aryl methyl sites for hydroxylation is 1. The first kappa shape index (κ1) is 14.7. The van der Waals surface area contributed by atoms with Crippen molar-refractivity contribution >= 4 is 15.7 Å². The van der Waals surface area contributed by atoms with E-state index in [0.29, 0.717) is 5.56 Å². The highest BCUT2D eigenvalue weighted by atomic mass is 32.2. The number of rotatable bonds is 4. The number of carbonyl (C=O) groups is 1. The van der Waals surface area contributed by atoms with E-state index in [4.69, 9.17) is 5.73 Å². The summed E-state index contributed by atoms with van der Waals surface area (Å²) in [6.07, 6.45) is 0. The minimum atomic E-state index is -3.59. The topological polar surface area (TPSA) is 97.5 Å². The van der Waals surface area contributed by atoms with Crippen molar-refractivity contribution < 1.29 is 18.3 Å². The Balaban J connectivity index is 3.20. The number of hydrogen-bond donors (Lipinski definition) is 2. The number of benzene rings is 1. The summed E-state index contributed by atoms with van der Waals surface area (Å²) in [4.78, 5) is 11.1. The van der Waals surface area contributed by atoms with Crippen molar-refractivity contribution in [2.75, 3.05) is 5.75 Å². The van der Waals surface area contributed by atoms with E-state index in [2.05, 4.69) is 0 Å². The van der Waals surface area contributed by atoms with Crippen molar-refractivity contribution in [3.63, 3.8) is 0 Å². The van der Waals surface area contributed by atoms with E-state index in [9.17, 15) is 18.3 Å². The van der Waals surface area contributed by atoms with Crippen molar-refractivity contribution in [3.8, 4) is 0 Å². The molecule has 0 aliphatic rings. The van der Waals surface area contributed by atoms with Gasteiger partial charge in [0.2, 0.25) is 5.91 Å². The zero-order chi connectivity index (χ0) is 14.1. The second kappa shape index (κ2) is 4.70. The Bertz CT molecular complexity index is 570. The summed E-state index contributed by atoms with van der Waals surface area (Å²) < 4.78 is 24.0. The van der Waals surface area contributed by atoms with Crippen LogP contribution in [-0.4, -0.2) is 30.8 Å². The van der Waals surface area contributed by atoms with Gasteiger partial charge in [0, 0.05) is 5.56 Å². The van der Waals surface area contributed by atoms with Gasteiger partial charge in [-0.1, -0.05) is 0 Å². The first-order chi connectivity index (χ1) is 8.03. The number of nitrogens with two attached hydrogens (primary N) is 1. The maximum atomic E-state index is 12.0. The number of carbonyl (C=O) groups excluding carboxylic acids is 1. The van der Waals surface area contributed by atoms with E-state index >= 15 is 0 Å². The molecule has 0 aliphatic heterocycles. The summed E-state index contributed by atoms with van der Waals surface area (Å²) in [6, 6.07) is 4.10. The highest BCUT2D eigenvalue weighted by molar-refractivity contribution is 7.91. The third-order valence-corrected chi connectivity index (χ3v) is 4.42. The monoisotopic (exact) mass is 271 g/mol. The van der Waals surface area contributed by atoms with Crippen LogP contribution in [0.15, 0.2) is 23.1 Å². The standard InChI is InChI=1S/C12H17NO4S/c1-8-6-9(4-5-10(8)11(13)14)18(16,17)7-12(2,3)15/h4-6,15H,7H2,1-3H3,(H2,13,14). The van der Waals surface area contributed by atoms with Gasteiger partial charge >= 0.3 is 0 Å². The van der Waals surface area contributed by atoms with E-state index in [1.807, 2.05) is 0 Å². The van der Waals surface area contributed by atoms with E-state index in [1.165, 1.54) is 32.0 Å². The Morgan fingerprint density at radius 1 is 1.39 bits per heavy atom. The molecule has 6 heteroatoms. The summed E-state index contributed by atoms with van der Waals surface area (Å²) in [5, 5.41) is 9.57. The lowest BCUT2D eigenvalue weighted by Crippen LogP contribution is -2.30. The Morgan fingerprint density at radius 3 is 2.33 bits per heavy atom. The maximum Gasteiger partial charge on any atom is 0.248 e. The van der Waals surface area contributed by atoms with Gasteiger partial charge in [-0.15, -0.1) is 0 Å². The molecule has 0 aliphatic carbocycles. The van der Waals surface area contributed by atoms with Gasteiger partial charge in [-0.25, -0.2) is 8.42 Å². The second-order valence-corrected chi connectivity index (χ2v) is 6.90. The van der Waals surface area contributed by atoms with Gasteiger partial charge in [0.1, 0.15) is 0 Å². The first-order valence-corrected chi connectivity index (χ1v) is 7.04. The van der Waals surface area contributed by atoms with Crippen LogP contribution >= 0.6 is 0 Å². The van der Waals surface area contributed by atoms with Crippen molar-refractivity contribution in [3.05, 3.63) is 29.3 Å². The molecule has 1 aromatic rings. The Labute approximate surface area is 107 Å². The predicted octanol–water partition coefficient (Wildman–Crippen LogP) is 0.639. The number of primary amides is 1. The highest BCUT2D eigenvalue weighted by Gasteiger charge is 2.25. The van der Waals surface area contributed by atoms with E-state index < -0.39 is 21.3 Å². The zero-order valence-electron chi connectivity index (χ0n) is 10.6. The fourth-order valence-corrected chi connectivity index (χ4v) is 3.38. The third-order valence-electron chi connectivity index (χ3n) is 2.37. The summed E-state index contributed by atoms with van der Waals surface area (Å²) in [7, 11) is -3.59. The van der Waals surface area contributed by atoms with Crippen molar-refractivity contribution in [1.82, 2.24) is 0 Å². The third kappa shape index (κ3) is 3.54.